The normalized spacial score (nSPS) is 20.7. The third-order valence-corrected chi connectivity index (χ3v) is 4.31. The van der Waals surface area contributed by atoms with E-state index in [0.717, 1.165) is 16.8 Å². The monoisotopic (exact) mass is 317 g/mol. The Kier molecular flexibility index (Phi) is 3.71. The summed E-state index contributed by atoms with van der Waals surface area (Å²) in [4.78, 5) is 13.8. The van der Waals surface area contributed by atoms with Crippen molar-refractivity contribution >= 4 is 23.2 Å². The molecule has 0 aromatic heterocycles. The molecule has 4 nitrogen and oxygen atoms in total. The molecular weight excluding hydrogens is 302 g/mol. The second-order valence-electron chi connectivity index (χ2n) is 5.32. The number of anilines is 1. The van der Waals surface area contributed by atoms with Gasteiger partial charge in [0.1, 0.15) is 5.38 Å². The molecule has 0 saturated carbocycles. The lowest BCUT2D eigenvalue weighted by molar-refractivity contribution is -0.123. The molecule has 1 saturated heterocycles. The summed E-state index contributed by atoms with van der Waals surface area (Å²) in [6.45, 7) is 1.99. The Morgan fingerprint density at radius 2 is 1.86 bits per heavy atom. The Morgan fingerprint density at radius 3 is 2.45 bits per heavy atom. The second-order valence-corrected chi connectivity index (χ2v) is 5.79. The summed E-state index contributed by atoms with van der Waals surface area (Å²) < 4.78 is 5.04. The van der Waals surface area contributed by atoms with Crippen molar-refractivity contribution < 1.29 is 14.6 Å². The number of phenols is 1. The molecule has 1 N–H and O–H groups in total. The van der Waals surface area contributed by atoms with E-state index in [1.54, 1.807) is 17.0 Å². The number of phenolic OH excluding ortho intramolecular Hbond substituents is 1. The summed E-state index contributed by atoms with van der Waals surface area (Å²) >= 11 is 6.20. The van der Waals surface area contributed by atoms with E-state index >= 15 is 0 Å². The predicted octanol–water partition coefficient (Wildman–Crippen LogP) is 3.40. The maximum Gasteiger partial charge on any atom is 0.248 e. The zero-order valence-electron chi connectivity index (χ0n) is 12.3. The molecule has 1 fully saturated rings. The van der Waals surface area contributed by atoms with Crippen LogP contribution in [0.3, 0.4) is 0 Å². The van der Waals surface area contributed by atoms with E-state index in [-0.39, 0.29) is 17.7 Å². The summed E-state index contributed by atoms with van der Waals surface area (Å²) in [5, 5.41) is 9.30. The van der Waals surface area contributed by atoms with Gasteiger partial charge in [0, 0.05) is 5.69 Å². The van der Waals surface area contributed by atoms with Gasteiger partial charge in [-0.1, -0.05) is 23.8 Å². The maximum atomic E-state index is 12.1. The number of alkyl halides is 1. The van der Waals surface area contributed by atoms with Crippen LogP contribution in [0.15, 0.2) is 42.5 Å². The van der Waals surface area contributed by atoms with Crippen molar-refractivity contribution in [2.45, 2.75) is 18.3 Å². The average molecular weight is 318 g/mol. The molecule has 1 heterocycles. The first-order valence-electron chi connectivity index (χ1n) is 6.93. The molecule has 2 atom stereocenters. The number of ether oxygens (including phenoxy) is 1. The van der Waals surface area contributed by atoms with Crippen LogP contribution in [0.2, 0.25) is 0 Å². The van der Waals surface area contributed by atoms with E-state index in [0.29, 0.717) is 5.75 Å². The number of nitrogens with zero attached hydrogens (tertiary/aromatic N) is 1. The van der Waals surface area contributed by atoms with Crippen LogP contribution < -0.4 is 9.64 Å². The molecule has 0 radical (unpaired) electrons. The van der Waals surface area contributed by atoms with Crippen molar-refractivity contribution in [3.8, 4) is 11.5 Å². The highest BCUT2D eigenvalue weighted by molar-refractivity contribution is 6.37. The summed E-state index contributed by atoms with van der Waals surface area (Å²) in [7, 11) is 1.49. The lowest BCUT2D eigenvalue weighted by atomic mass is 9.92. The highest BCUT2D eigenvalue weighted by Gasteiger charge is 2.48. The maximum absolute atomic E-state index is 12.1. The molecular formula is C17H16ClNO3. The molecule has 3 rings (SSSR count). The van der Waals surface area contributed by atoms with Crippen molar-refractivity contribution in [1.29, 1.82) is 0 Å². The molecule has 0 bridgehead atoms. The number of aryl methyl sites for hydroxylation is 1. The van der Waals surface area contributed by atoms with E-state index in [2.05, 4.69) is 0 Å². The van der Waals surface area contributed by atoms with Gasteiger partial charge in [0.15, 0.2) is 11.5 Å². The first kappa shape index (κ1) is 14.7. The minimum absolute atomic E-state index is 0.0343. The number of hydrogen-bond donors (Lipinski definition) is 1. The molecule has 0 spiro atoms. The number of methoxy groups -OCH3 is 1. The number of rotatable bonds is 3. The molecule has 5 heteroatoms. The van der Waals surface area contributed by atoms with Crippen molar-refractivity contribution in [1.82, 2.24) is 0 Å². The first-order chi connectivity index (χ1) is 10.5. The van der Waals surface area contributed by atoms with E-state index < -0.39 is 5.38 Å². The number of benzene rings is 2. The molecule has 1 amide bonds. The van der Waals surface area contributed by atoms with Crippen molar-refractivity contribution in [3.05, 3.63) is 53.6 Å². The Bertz CT molecular complexity index is 714. The Morgan fingerprint density at radius 1 is 1.18 bits per heavy atom. The smallest absolute Gasteiger partial charge is 0.248 e. The molecule has 0 aliphatic carbocycles. The van der Waals surface area contributed by atoms with Crippen molar-refractivity contribution in [2.24, 2.45) is 0 Å². The second kappa shape index (κ2) is 5.54. The van der Waals surface area contributed by atoms with Gasteiger partial charge in [0.2, 0.25) is 5.91 Å². The standard InChI is InChI=1S/C17H16ClNO3/c1-10-3-6-12(7-4-10)19-16(15(18)17(19)21)11-5-8-14(22-2)13(20)9-11/h3-9,15-16,20H,1-2H3/t15-,16+/m1/s1. The highest BCUT2D eigenvalue weighted by Crippen LogP contribution is 2.43. The fourth-order valence-electron chi connectivity index (χ4n) is 2.66. The van der Waals surface area contributed by atoms with Gasteiger partial charge in [0.05, 0.1) is 13.2 Å². The average Bonchev–Trinajstić information content (AvgIpc) is 2.52. The summed E-state index contributed by atoms with van der Waals surface area (Å²) in [6, 6.07) is 12.5. The van der Waals surface area contributed by atoms with E-state index in [1.165, 1.54) is 7.11 Å². The molecule has 1 aliphatic rings. The Labute approximate surface area is 133 Å². The van der Waals surface area contributed by atoms with Crippen LogP contribution in [-0.4, -0.2) is 23.5 Å². The van der Waals surface area contributed by atoms with Crippen LogP contribution in [0.5, 0.6) is 11.5 Å². The number of hydrogen-bond acceptors (Lipinski definition) is 3. The third-order valence-electron chi connectivity index (χ3n) is 3.89. The number of aromatic hydroxyl groups is 1. The fourth-order valence-corrected chi connectivity index (χ4v) is 3.02. The molecule has 0 unspecified atom stereocenters. The van der Waals surface area contributed by atoms with Crippen LogP contribution in [-0.2, 0) is 4.79 Å². The summed E-state index contributed by atoms with van der Waals surface area (Å²) in [6.07, 6.45) is 0. The summed E-state index contributed by atoms with van der Waals surface area (Å²) in [5.41, 5.74) is 2.70. The van der Waals surface area contributed by atoms with E-state index in [4.69, 9.17) is 16.3 Å². The number of carbonyl (C=O) groups is 1. The van der Waals surface area contributed by atoms with E-state index in [1.807, 2.05) is 37.3 Å². The van der Waals surface area contributed by atoms with Crippen LogP contribution >= 0.6 is 11.6 Å². The molecule has 114 valence electrons. The zero-order valence-corrected chi connectivity index (χ0v) is 13.0. The fraction of sp³-hybridized carbons (Fsp3) is 0.235. The van der Waals surface area contributed by atoms with Gasteiger partial charge in [-0.15, -0.1) is 11.6 Å². The van der Waals surface area contributed by atoms with E-state index in [9.17, 15) is 9.90 Å². The Hall–Kier alpha value is -2.20. The third kappa shape index (κ3) is 2.29. The minimum Gasteiger partial charge on any atom is -0.504 e. The molecule has 2 aromatic carbocycles. The first-order valence-corrected chi connectivity index (χ1v) is 7.37. The molecule has 22 heavy (non-hydrogen) atoms. The van der Waals surface area contributed by atoms with Crippen molar-refractivity contribution in [2.75, 3.05) is 12.0 Å². The van der Waals surface area contributed by atoms with Gasteiger partial charge in [-0.25, -0.2) is 0 Å². The highest BCUT2D eigenvalue weighted by atomic mass is 35.5. The van der Waals surface area contributed by atoms with Gasteiger partial charge in [-0.05, 0) is 36.8 Å². The Balaban J connectivity index is 1.96. The van der Waals surface area contributed by atoms with Gasteiger partial charge >= 0.3 is 0 Å². The van der Waals surface area contributed by atoms with Gasteiger partial charge < -0.3 is 14.7 Å². The lowest BCUT2D eigenvalue weighted by Gasteiger charge is -2.44. The van der Waals surface area contributed by atoms with Crippen LogP contribution in [0.4, 0.5) is 5.69 Å². The van der Waals surface area contributed by atoms with Crippen LogP contribution in [0.25, 0.3) is 0 Å². The van der Waals surface area contributed by atoms with Gasteiger partial charge in [0.25, 0.3) is 0 Å². The van der Waals surface area contributed by atoms with Gasteiger partial charge in [-0.2, -0.15) is 0 Å². The zero-order chi connectivity index (χ0) is 15.9. The number of carbonyl (C=O) groups excluding carboxylic acids is 1. The summed E-state index contributed by atoms with van der Waals surface area (Å²) in [5.74, 6) is 0.292. The SMILES string of the molecule is COc1ccc([C@H]2[C@@H](Cl)C(=O)N2c2ccc(C)cc2)cc1O. The largest absolute Gasteiger partial charge is 0.504 e. The lowest BCUT2D eigenvalue weighted by Crippen LogP contribution is -2.56. The van der Waals surface area contributed by atoms with Crippen molar-refractivity contribution in [3.63, 3.8) is 0 Å². The van der Waals surface area contributed by atoms with Crippen LogP contribution in [0.1, 0.15) is 17.2 Å². The predicted molar refractivity (Wildman–Crippen MR) is 85.7 cm³/mol. The number of β-lactam (4-membered cyclic amide) rings is 1. The number of halogens is 1. The topological polar surface area (TPSA) is 49.8 Å². The number of amides is 1. The molecule has 1 aliphatic heterocycles. The minimum atomic E-state index is -0.630. The quantitative estimate of drug-likeness (QED) is 0.697. The van der Waals surface area contributed by atoms with Crippen LogP contribution in [0, 0.1) is 6.92 Å². The van der Waals surface area contributed by atoms with Gasteiger partial charge in [-0.3, -0.25) is 4.79 Å². The molecule has 2 aromatic rings.